The minimum atomic E-state index is -0.0580. The molecule has 0 heterocycles. The van der Waals surface area contributed by atoms with Crippen LogP contribution < -0.4 is 5.32 Å². The largest absolute Gasteiger partial charge is 0.322 e. The molecule has 0 spiro atoms. The molecule has 0 aromatic heterocycles. The first-order chi connectivity index (χ1) is 9.11. The molecule has 0 aliphatic rings. The maximum atomic E-state index is 12.2. The highest BCUT2D eigenvalue weighted by Gasteiger charge is 2.11. The van der Waals surface area contributed by atoms with Crippen molar-refractivity contribution >= 4 is 34.2 Å². The summed E-state index contributed by atoms with van der Waals surface area (Å²) in [4.78, 5) is 12.2. The molecule has 0 fully saturated rings. The third-order valence-electron chi connectivity index (χ3n) is 3.06. The highest BCUT2D eigenvalue weighted by Crippen LogP contribution is 2.18. The first-order valence-corrected chi connectivity index (χ1v) is 7.35. The third-order valence-corrected chi connectivity index (χ3v) is 4.49. The van der Waals surface area contributed by atoms with Crippen molar-refractivity contribution in [2.75, 3.05) is 5.32 Å². The second-order valence-electron chi connectivity index (χ2n) is 4.44. The van der Waals surface area contributed by atoms with Gasteiger partial charge in [-0.1, -0.05) is 31.2 Å². The van der Waals surface area contributed by atoms with E-state index in [9.17, 15) is 4.79 Å². The first kappa shape index (κ1) is 14.1. The molecule has 0 saturated heterocycles. The summed E-state index contributed by atoms with van der Waals surface area (Å²) in [6, 6.07) is 13.7. The fourth-order valence-electron chi connectivity index (χ4n) is 1.84. The Morgan fingerprint density at radius 3 is 2.47 bits per heavy atom. The van der Waals surface area contributed by atoms with Gasteiger partial charge < -0.3 is 5.32 Å². The standard InChI is InChI=1S/C16H16INO/c1-3-12-7-9-13(10-8-12)18-16(19)14-6-4-5-11(2)15(14)17/h4-10H,3H2,1-2H3,(H,18,19). The van der Waals surface area contributed by atoms with Gasteiger partial charge in [-0.25, -0.2) is 0 Å². The molecular formula is C16H16INO. The monoisotopic (exact) mass is 365 g/mol. The van der Waals surface area contributed by atoms with Crippen molar-refractivity contribution in [2.24, 2.45) is 0 Å². The Hall–Kier alpha value is -1.36. The molecule has 2 aromatic rings. The fourth-order valence-corrected chi connectivity index (χ4v) is 2.45. The number of aryl methyl sites for hydroxylation is 2. The number of hydrogen-bond acceptors (Lipinski definition) is 1. The molecule has 2 aromatic carbocycles. The van der Waals surface area contributed by atoms with Crippen molar-refractivity contribution in [1.82, 2.24) is 0 Å². The van der Waals surface area contributed by atoms with Crippen molar-refractivity contribution in [3.05, 3.63) is 62.7 Å². The van der Waals surface area contributed by atoms with Crippen molar-refractivity contribution in [3.8, 4) is 0 Å². The Labute approximate surface area is 127 Å². The van der Waals surface area contributed by atoms with Gasteiger partial charge in [-0.15, -0.1) is 0 Å². The van der Waals surface area contributed by atoms with Gasteiger partial charge in [0.2, 0.25) is 0 Å². The lowest BCUT2D eigenvalue weighted by molar-refractivity contribution is 0.102. The molecule has 2 rings (SSSR count). The predicted octanol–water partition coefficient (Wildman–Crippen LogP) is 4.41. The number of nitrogens with one attached hydrogen (secondary N) is 1. The fraction of sp³-hybridized carbons (Fsp3) is 0.188. The molecule has 19 heavy (non-hydrogen) atoms. The van der Waals surface area contributed by atoms with Crippen LogP contribution in [0.25, 0.3) is 0 Å². The van der Waals surface area contributed by atoms with E-state index in [1.807, 2.05) is 49.4 Å². The van der Waals surface area contributed by atoms with E-state index in [0.29, 0.717) is 0 Å². The Morgan fingerprint density at radius 1 is 1.16 bits per heavy atom. The molecule has 3 heteroatoms. The molecule has 0 aliphatic carbocycles. The minimum absolute atomic E-state index is 0.0580. The van der Waals surface area contributed by atoms with Gasteiger partial charge in [0.05, 0.1) is 5.56 Å². The van der Waals surface area contributed by atoms with Crippen LogP contribution in [0.2, 0.25) is 0 Å². The number of halogens is 1. The lowest BCUT2D eigenvalue weighted by Gasteiger charge is -2.09. The van der Waals surface area contributed by atoms with Crippen molar-refractivity contribution < 1.29 is 4.79 Å². The normalized spacial score (nSPS) is 10.3. The van der Waals surface area contributed by atoms with Gasteiger partial charge in [-0.3, -0.25) is 4.79 Å². The van der Waals surface area contributed by atoms with E-state index in [4.69, 9.17) is 0 Å². The minimum Gasteiger partial charge on any atom is -0.322 e. The summed E-state index contributed by atoms with van der Waals surface area (Å²) >= 11 is 2.21. The second-order valence-corrected chi connectivity index (χ2v) is 5.52. The average molecular weight is 365 g/mol. The van der Waals surface area contributed by atoms with Gasteiger partial charge in [0.1, 0.15) is 0 Å². The lowest BCUT2D eigenvalue weighted by Crippen LogP contribution is -2.13. The number of carbonyl (C=O) groups excluding carboxylic acids is 1. The Kier molecular flexibility index (Phi) is 4.58. The molecule has 0 saturated carbocycles. The molecule has 0 unspecified atom stereocenters. The van der Waals surface area contributed by atoms with Gasteiger partial charge in [-0.05, 0) is 65.3 Å². The number of carbonyl (C=O) groups is 1. The molecule has 0 bridgehead atoms. The second kappa shape index (κ2) is 6.19. The Morgan fingerprint density at radius 2 is 1.84 bits per heavy atom. The maximum Gasteiger partial charge on any atom is 0.256 e. The zero-order valence-electron chi connectivity index (χ0n) is 11.0. The maximum absolute atomic E-state index is 12.2. The number of rotatable bonds is 3. The van der Waals surface area contributed by atoms with Crippen LogP contribution in [0.1, 0.15) is 28.4 Å². The van der Waals surface area contributed by atoms with E-state index < -0.39 is 0 Å². The van der Waals surface area contributed by atoms with Crippen molar-refractivity contribution in [3.63, 3.8) is 0 Å². The summed E-state index contributed by atoms with van der Waals surface area (Å²) in [6.45, 7) is 4.12. The van der Waals surface area contributed by atoms with Crippen LogP contribution >= 0.6 is 22.6 Å². The highest BCUT2D eigenvalue weighted by atomic mass is 127. The molecule has 0 aliphatic heterocycles. The molecule has 0 atom stereocenters. The van der Waals surface area contributed by atoms with Gasteiger partial charge in [-0.2, -0.15) is 0 Å². The number of benzene rings is 2. The SMILES string of the molecule is CCc1ccc(NC(=O)c2cccc(C)c2I)cc1. The number of amides is 1. The van der Waals surface area contributed by atoms with Crippen LogP contribution in [-0.4, -0.2) is 5.91 Å². The van der Waals surface area contributed by atoms with Gasteiger partial charge in [0, 0.05) is 9.26 Å². The smallest absolute Gasteiger partial charge is 0.256 e. The predicted molar refractivity (Wildman–Crippen MR) is 87.7 cm³/mol. The van der Waals surface area contributed by atoms with Crippen LogP contribution in [0.5, 0.6) is 0 Å². The zero-order chi connectivity index (χ0) is 13.8. The third kappa shape index (κ3) is 3.35. The average Bonchev–Trinajstić information content (AvgIpc) is 2.42. The summed E-state index contributed by atoms with van der Waals surface area (Å²) in [5.41, 5.74) is 3.94. The summed E-state index contributed by atoms with van der Waals surface area (Å²) in [6.07, 6.45) is 1.00. The topological polar surface area (TPSA) is 29.1 Å². The quantitative estimate of drug-likeness (QED) is 0.802. The lowest BCUT2D eigenvalue weighted by atomic mass is 10.1. The first-order valence-electron chi connectivity index (χ1n) is 6.27. The van der Waals surface area contributed by atoms with Crippen molar-refractivity contribution in [1.29, 1.82) is 0 Å². The summed E-state index contributed by atoms with van der Waals surface area (Å²) in [5.74, 6) is -0.0580. The summed E-state index contributed by atoms with van der Waals surface area (Å²) in [7, 11) is 0. The molecule has 0 radical (unpaired) electrons. The van der Waals surface area contributed by atoms with Crippen molar-refractivity contribution in [2.45, 2.75) is 20.3 Å². The number of anilines is 1. The van der Waals surface area contributed by atoms with Gasteiger partial charge >= 0.3 is 0 Å². The highest BCUT2D eigenvalue weighted by molar-refractivity contribution is 14.1. The molecule has 1 amide bonds. The molecular weight excluding hydrogens is 349 g/mol. The van der Waals surface area contributed by atoms with E-state index in [-0.39, 0.29) is 5.91 Å². The van der Waals surface area contributed by atoms with Gasteiger partial charge in [0.15, 0.2) is 0 Å². The Balaban J connectivity index is 2.18. The van der Waals surface area contributed by atoms with E-state index in [2.05, 4.69) is 34.8 Å². The van der Waals surface area contributed by atoms with Crippen LogP contribution in [-0.2, 0) is 6.42 Å². The molecule has 2 nitrogen and oxygen atoms in total. The number of hydrogen-bond donors (Lipinski definition) is 1. The van der Waals surface area contributed by atoms with Gasteiger partial charge in [0.25, 0.3) is 5.91 Å². The molecule has 98 valence electrons. The van der Waals surface area contributed by atoms with E-state index in [1.54, 1.807) is 0 Å². The van der Waals surface area contributed by atoms with Crippen LogP contribution in [0.3, 0.4) is 0 Å². The van der Waals surface area contributed by atoms with E-state index in [0.717, 1.165) is 26.8 Å². The molecule has 1 N–H and O–H groups in total. The van der Waals surface area contributed by atoms with Crippen LogP contribution in [0.4, 0.5) is 5.69 Å². The zero-order valence-corrected chi connectivity index (χ0v) is 13.2. The van der Waals surface area contributed by atoms with Crippen LogP contribution in [0.15, 0.2) is 42.5 Å². The summed E-state index contributed by atoms with van der Waals surface area (Å²) < 4.78 is 1.00. The van der Waals surface area contributed by atoms with E-state index in [1.165, 1.54) is 5.56 Å². The Bertz CT molecular complexity index is 590. The van der Waals surface area contributed by atoms with Crippen LogP contribution in [0, 0.1) is 10.5 Å². The van der Waals surface area contributed by atoms with E-state index >= 15 is 0 Å². The summed E-state index contributed by atoms with van der Waals surface area (Å²) in [5, 5.41) is 2.93.